The summed E-state index contributed by atoms with van der Waals surface area (Å²) in [7, 11) is 0. The van der Waals surface area contributed by atoms with Crippen LogP contribution in [0.25, 0.3) is 0 Å². The second-order valence-electron chi connectivity index (χ2n) is 6.08. The van der Waals surface area contributed by atoms with E-state index in [-0.39, 0.29) is 11.4 Å². The van der Waals surface area contributed by atoms with Gasteiger partial charge in [-0.1, -0.05) is 30.3 Å². The van der Waals surface area contributed by atoms with E-state index in [1.165, 1.54) is 12.8 Å². The molecule has 5 heteroatoms. The molecule has 0 amide bonds. The highest BCUT2D eigenvalue weighted by atomic mass is 35.5. The normalized spacial score (nSPS) is 21.5. The van der Waals surface area contributed by atoms with E-state index in [1.807, 2.05) is 18.2 Å². The third-order valence-corrected chi connectivity index (χ3v) is 4.62. The van der Waals surface area contributed by atoms with Crippen LogP contribution < -0.4 is 5.32 Å². The molecule has 4 nitrogen and oxygen atoms in total. The zero-order chi connectivity index (χ0) is 15.1. The Morgan fingerprint density at radius 3 is 2.73 bits per heavy atom. The number of hydrogen-bond donors (Lipinski definition) is 1. The van der Waals surface area contributed by atoms with Crippen molar-refractivity contribution in [2.45, 2.75) is 38.5 Å². The highest BCUT2D eigenvalue weighted by molar-refractivity contribution is 6.28. The van der Waals surface area contributed by atoms with Crippen LogP contribution in [0, 0.1) is 5.92 Å². The number of nitrogens with one attached hydrogen (secondary N) is 1. The quantitative estimate of drug-likeness (QED) is 0.868. The Labute approximate surface area is 134 Å². The summed E-state index contributed by atoms with van der Waals surface area (Å²) in [5.41, 5.74) is 3.01. The molecule has 114 valence electrons. The van der Waals surface area contributed by atoms with Crippen molar-refractivity contribution in [3.8, 4) is 0 Å². The average molecular weight is 316 g/mol. The van der Waals surface area contributed by atoms with E-state index in [9.17, 15) is 0 Å². The SMILES string of the molecule is C[C@@H](Nc1nc(Cl)nc2c1COC2c1ccccc1)C1CC1. The maximum atomic E-state index is 6.14. The lowest BCUT2D eigenvalue weighted by atomic mass is 10.0. The van der Waals surface area contributed by atoms with Gasteiger partial charge in [0.05, 0.1) is 12.3 Å². The number of hydrogen-bond acceptors (Lipinski definition) is 4. The number of benzene rings is 1. The molecule has 0 spiro atoms. The fourth-order valence-electron chi connectivity index (χ4n) is 3.01. The van der Waals surface area contributed by atoms with Crippen LogP contribution in [0.1, 0.15) is 42.7 Å². The van der Waals surface area contributed by atoms with Crippen molar-refractivity contribution in [1.82, 2.24) is 9.97 Å². The zero-order valence-electron chi connectivity index (χ0n) is 12.4. The largest absolute Gasteiger partial charge is 0.367 e. The second-order valence-corrected chi connectivity index (χ2v) is 6.42. The Morgan fingerprint density at radius 2 is 2.00 bits per heavy atom. The Morgan fingerprint density at radius 1 is 1.23 bits per heavy atom. The predicted molar refractivity (Wildman–Crippen MR) is 85.9 cm³/mol. The maximum Gasteiger partial charge on any atom is 0.224 e. The van der Waals surface area contributed by atoms with Gasteiger partial charge in [0.1, 0.15) is 11.9 Å². The van der Waals surface area contributed by atoms with Gasteiger partial charge >= 0.3 is 0 Å². The fourth-order valence-corrected chi connectivity index (χ4v) is 3.18. The van der Waals surface area contributed by atoms with Gasteiger partial charge in [-0.25, -0.2) is 9.97 Å². The molecule has 2 aromatic rings. The number of fused-ring (bicyclic) bond motifs is 1. The monoisotopic (exact) mass is 315 g/mol. The van der Waals surface area contributed by atoms with E-state index in [0.717, 1.165) is 28.6 Å². The topological polar surface area (TPSA) is 47.0 Å². The zero-order valence-corrected chi connectivity index (χ0v) is 13.2. The molecule has 0 saturated heterocycles. The van der Waals surface area contributed by atoms with Crippen molar-refractivity contribution >= 4 is 17.4 Å². The van der Waals surface area contributed by atoms with Crippen LogP contribution in [0.4, 0.5) is 5.82 Å². The number of ether oxygens (including phenoxy) is 1. The van der Waals surface area contributed by atoms with Crippen LogP contribution >= 0.6 is 11.6 Å². The summed E-state index contributed by atoms with van der Waals surface area (Å²) in [5.74, 6) is 1.57. The minimum atomic E-state index is -0.159. The fraction of sp³-hybridized carbons (Fsp3) is 0.412. The van der Waals surface area contributed by atoms with Crippen LogP contribution in [0.15, 0.2) is 30.3 Å². The molecule has 1 N–H and O–H groups in total. The van der Waals surface area contributed by atoms with Gasteiger partial charge in [-0.15, -0.1) is 0 Å². The van der Waals surface area contributed by atoms with Crippen LogP contribution in [-0.2, 0) is 11.3 Å². The van der Waals surface area contributed by atoms with E-state index in [2.05, 4.69) is 34.3 Å². The van der Waals surface area contributed by atoms with Crippen LogP contribution in [0.2, 0.25) is 5.28 Å². The van der Waals surface area contributed by atoms with E-state index < -0.39 is 0 Å². The molecule has 1 unspecified atom stereocenters. The highest BCUT2D eigenvalue weighted by Crippen LogP contribution is 2.39. The Kier molecular flexibility index (Phi) is 3.51. The minimum absolute atomic E-state index is 0.159. The van der Waals surface area contributed by atoms with Crippen LogP contribution in [0.3, 0.4) is 0 Å². The maximum absolute atomic E-state index is 6.14. The highest BCUT2D eigenvalue weighted by Gasteiger charge is 2.33. The molecule has 1 saturated carbocycles. The molecule has 0 radical (unpaired) electrons. The van der Waals surface area contributed by atoms with Gasteiger partial charge in [-0.05, 0) is 42.8 Å². The van der Waals surface area contributed by atoms with E-state index in [0.29, 0.717) is 12.6 Å². The van der Waals surface area contributed by atoms with Crippen molar-refractivity contribution in [3.63, 3.8) is 0 Å². The molecule has 4 rings (SSSR count). The Bertz CT molecular complexity index is 688. The molecule has 2 aliphatic rings. The van der Waals surface area contributed by atoms with Crippen LogP contribution in [-0.4, -0.2) is 16.0 Å². The first-order valence-electron chi connectivity index (χ1n) is 7.72. The first-order valence-corrected chi connectivity index (χ1v) is 8.09. The predicted octanol–water partition coefficient (Wildman–Crippen LogP) is 3.96. The molecule has 2 atom stereocenters. The third kappa shape index (κ3) is 2.57. The van der Waals surface area contributed by atoms with Gasteiger partial charge in [0, 0.05) is 11.6 Å². The molecule has 1 fully saturated rings. The lowest BCUT2D eigenvalue weighted by molar-refractivity contribution is 0.0924. The number of rotatable bonds is 4. The van der Waals surface area contributed by atoms with Crippen molar-refractivity contribution < 1.29 is 4.74 Å². The lowest BCUT2D eigenvalue weighted by Crippen LogP contribution is -2.19. The number of halogens is 1. The third-order valence-electron chi connectivity index (χ3n) is 4.45. The summed E-state index contributed by atoms with van der Waals surface area (Å²) >= 11 is 6.14. The van der Waals surface area contributed by atoms with E-state index >= 15 is 0 Å². The van der Waals surface area contributed by atoms with Gasteiger partial charge in [0.25, 0.3) is 0 Å². The number of nitrogens with zero attached hydrogens (tertiary/aromatic N) is 2. The summed E-state index contributed by atoms with van der Waals surface area (Å²) in [4.78, 5) is 8.82. The average Bonchev–Trinajstić information content (AvgIpc) is 3.28. The van der Waals surface area contributed by atoms with Gasteiger partial charge in [-0.3, -0.25) is 0 Å². The first kappa shape index (κ1) is 14.0. The van der Waals surface area contributed by atoms with Gasteiger partial charge in [0.2, 0.25) is 5.28 Å². The molecule has 1 aliphatic carbocycles. The van der Waals surface area contributed by atoms with Crippen molar-refractivity contribution in [2.75, 3.05) is 5.32 Å². The molecule has 1 aliphatic heterocycles. The van der Waals surface area contributed by atoms with Gasteiger partial charge in [-0.2, -0.15) is 0 Å². The first-order chi connectivity index (χ1) is 10.7. The lowest BCUT2D eigenvalue weighted by Gasteiger charge is -2.16. The molecule has 0 bridgehead atoms. The van der Waals surface area contributed by atoms with Gasteiger partial charge in [0.15, 0.2) is 0 Å². The molecule has 1 aromatic heterocycles. The Hall–Kier alpha value is -1.65. The molecular weight excluding hydrogens is 298 g/mol. The summed E-state index contributed by atoms with van der Waals surface area (Å²) in [6, 6.07) is 10.5. The second kappa shape index (κ2) is 5.52. The van der Waals surface area contributed by atoms with E-state index in [1.54, 1.807) is 0 Å². The summed E-state index contributed by atoms with van der Waals surface area (Å²) in [6.07, 6.45) is 2.42. The van der Waals surface area contributed by atoms with Crippen molar-refractivity contribution in [1.29, 1.82) is 0 Å². The molecule has 22 heavy (non-hydrogen) atoms. The van der Waals surface area contributed by atoms with Crippen molar-refractivity contribution in [2.24, 2.45) is 5.92 Å². The number of aromatic nitrogens is 2. The van der Waals surface area contributed by atoms with Crippen molar-refractivity contribution in [3.05, 3.63) is 52.4 Å². The molecular formula is C17H18ClN3O. The number of anilines is 1. The minimum Gasteiger partial charge on any atom is -0.367 e. The van der Waals surface area contributed by atoms with Gasteiger partial charge < -0.3 is 10.1 Å². The van der Waals surface area contributed by atoms with E-state index in [4.69, 9.17) is 16.3 Å². The summed E-state index contributed by atoms with van der Waals surface area (Å²) in [5, 5.41) is 3.78. The molecule has 1 aromatic carbocycles. The van der Waals surface area contributed by atoms with Crippen LogP contribution in [0.5, 0.6) is 0 Å². The smallest absolute Gasteiger partial charge is 0.224 e. The standard InChI is InChI=1S/C17H18ClN3O/c1-10(11-7-8-11)19-16-13-9-22-15(12-5-3-2-4-6-12)14(13)20-17(18)21-16/h2-6,10-11,15H,7-9H2,1H3,(H,19,20,21)/t10-,15?/m1/s1. The molecule has 2 heterocycles. The Balaban J connectivity index is 1.69. The summed E-state index contributed by atoms with van der Waals surface area (Å²) in [6.45, 7) is 2.72. The summed E-state index contributed by atoms with van der Waals surface area (Å²) < 4.78 is 5.96.